The van der Waals surface area contributed by atoms with Crippen molar-refractivity contribution in [3.63, 3.8) is 0 Å². The number of hydrogen-bond acceptors (Lipinski definition) is 6. The first-order valence-corrected chi connectivity index (χ1v) is 11.8. The van der Waals surface area contributed by atoms with E-state index in [1.54, 1.807) is 17.5 Å². The molecule has 0 spiro atoms. The first-order valence-electron chi connectivity index (χ1n) is 11.0. The highest BCUT2D eigenvalue weighted by atomic mass is 32.1. The second-order valence-electron chi connectivity index (χ2n) is 9.22. The molecule has 1 saturated carbocycles. The summed E-state index contributed by atoms with van der Waals surface area (Å²) in [7, 11) is 4.36. The maximum atomic E-state index is 8.02. The number of nitrogens with two attached hydrogens (primary N) is 1. The fourth-order valence-corrected chi connectivity index (χ4v) is 5.73. The summed E-state index contributed by atoms with van der Waals surface area (Å²) in [6, 6.07) is 2.69. The van der Waals surface area contributed by atoms with Crippen molar-refractivity contribution in [3.8, 4) is 21.8 Å². The van der Waals surface area contributed by atoms with E-state index >= 15 is 0 Å². The van der Waals surface area contributed by atoms with Crippen LogP contribution in [-0.2, 0) is 0 Å². The van der Waals surface area contributed by atoms with Gasteiger partial charge in [0.25, 0.3) is 0 Å². The van der Waals surface area contributed by atoms with E-state index in [4.69, 9.17) is 21.3 Å². The number of thiazole rings is 1. The third kappa shape index (κ3) is 4.19. The smallest absolute Gasteiger partial charge is 0.146 e. The van der Waals surface area contributed by atoms with Gasteiger partial charge in [0.05, 0.1) is 15.6 Å². The zero-order valence-electron chi connectivity index (χ0n) is 19.1. The van der Waals surface area contributed by atoms with Crippen molar-refractivity contribution >= 4 is 11.3 Å². The van der Waals surface area contributed by atoms with E-state index in [-0.39, 0.29) is 5.92 Å². The highest BCUT2D eigenvalue weighted by Crippen LogP contribution is 2.41. The Morgan fingerprint density at radius 3 is 2.58 bits per heavy atom. The highest BCUT2D eigenvalue weighted by molar-refractivity contribution is 7.15. The first-order chi connectivity index (χ1) is 14.8. The molecule has 4 N–H and O–H groups in total. The number of aromatic amines is 1. The van der Waals surface area contributed by atoms with E-state index < -0.39 is 0 Å². The third-order valence-corrected chi connectivity index (χ3v) is 7.65. The number of pyridine rings is 1. The molecule has 0 aromatic carbocycles. The minimum absolute atomic E-state index is 0.284. The van der Waals surface area contributed by atoms with Gasteiger partial charge >= 0.3 is 0 Å². The molecule has 0 atom stereocenters. The number of rotatable bonds is 5. The van der Waals surface area contributed by atoms with Gasteiger partial charge in [-0.1, -0.05) is 13.8 Å². The third-order valence-electron chi connectivity index (χ3n) is 6.49. The summed E-state index contributed by atoms with van der Waals surface area (Å²) in [5.74, 6) is 6.84. The molecule has 8 heteroatoms. The second-order valence-corrected chi connectivity index (χ2v) is 10.3. The number of nitrogens with one attached hydrogen (secondary N) is 2. The van der Waals surface area contributed by atoms with Gasteiger partial charge in [0, 0.05) is 35.5 Å². The van der Waals surface area contributed by atoms with E-state index in [0.717, 1.165) is 27.4 Å². The van der Waals surface area contributed by atoms with Crippen molar-refractivity contribution in [2.45, 2.75) is 64.3 Å². The van der Waals surface area contributed by atoms with Crippen LogP contribution in [0.4, 0.5) is 0 Å². The predicted octanol–water partition coefficient (Wildman–Crippen LogP) is 4.21. The molecular weight excluding hydrogens is 406 g/mol. The van der Waals surface area contributed by atoms with Crippen LogP contribution in [0, 0.1) is 12.3 Å². The van der Waals surface area contributed by atoms with Crippen LogP contribution in [0.25, 0.3) is 21.8 Å². The highest BCUT2D eigenvalue weighted by Gasteiger charge is 2.27. The van der Waals surface area contributed by atoms with Gasteiger partial charge in [-0.25, -0.2) is 4.98 Å². The lowest BCUT2D eigenvalue weighted by atomic mass is 9.86. The Hall–Kier alpha value is -2.45. The quantitative estimate of drug-likeness (QED) is 0.518. The Morgan fingerprint density at radius 1 is 1.26 bits per heavy atom. The minimum atomic E-state index is 0.284. The van der Waals surface area contributed by atoms with Crippen LogP contribution in [0.1, 0.15) is 67.5 Å². The fraction of sp³-hybridized carbons (Fsp3) is 0.522. The zero-order valence-corrected chi connectivity index (χ0v) is 19.9. The molecule has 0 unspecified atom stereocenters. The zero-order chi connectivity index (χ0) is 22.3. The molecule has 31 heavy (non-hydrogen) atoms. The average molecular weight is 440 g/mol. The van der Waals surface area contributed by atoms with Crippen molar-refractivity contribution in [2.24, 2.45) is 0 Å². The Kier molecular flexibility index (Phi) is 6.03. The van der Waals surface area contributed by atoms with Crippen LogP contribution in [0.15, 0.2) is 18.5 Å². The molecular formula is C23H33N7S. The van der Waals surface area contributed by atoms with Crippen molar-refractivity contribution in [1.82, 2.24) is 24.8 Å². The maximum absolute atomic E-state index is 8.02. The molecule has 3 heterocycles. The lowest BCUT2D eigenvalue weighted by Crippen LogP contribution is -2.31. The van der Waals surface area contributed by atoms with Crippen LogP contribution in [-0.4, -0.2) is 44.9 Å². The summed E-state index contributed by atoms with van der Waals surface area (Å²) in [5.41, 5.74) is 5.21. The van der Waals surface area contributed by atoms with Gasteiger partial charge in [0.1, 0.15) is 11.2 Å². The molecule has 0 bridgehead atoms. The molecule has 3 aromatic heterocycles. The van der Waals surface area contributed by atoms with E-state index in [9.17, 15) is 0 Å². The van der Waals surface area contributed by atoms with Crippen molar-refractivity contribution in [2.75, 3.05) is 19.9 Å². The molecule has 0 aliphatic heterocycles. The number of hydrogen-bond donors (Lipinski definition) is 3. The van der Waals surface area contributed by atoms with Crippen LogP contribution < -0.4 is 11.3 Å². The maximum Gasteiger partial charge on any atom is 0.146 e. The number of aryl methyl sites for hydroxylation is 1. The van der Waals surface area contributed by atoms with Crippen LogP contribution >= 0.6 is 11.3 Å². The van der Waals surface area contributed by atoms with Gasteiger partial charge in [-0.2, -0.15) is 5.10 Å². The fourth-order valence-electron chi connectivity index (χ4n) is 4.64. The number of nitrogen functional groups attached to an aromatic ring is 1. The van der Waals surface area contributed by atoms with Gasteiger partial charge in [-0.05, 0) is 64.3 Å². The molecule has 0 amide bonds. The van der Waals surface area contributed by atoms with Crippen molar-refractivity contribution < 1.29 is 0 Å². The Morgan fingerprint density at radius 2 is 1.97 bits per heavy atom. The van der Waals surface area contributed by atoms with Gasteiger partial charge in [0.15, 0.2) is 0 Å². The molecule has 7 nitrogen and oxygen atoms in total. The van der Waals surface area contributed by atoms with E-state index in [2.05, 4.69) is 37.9 Å². The molecule has 0 radical (unpaired) electrons. The van der Waals surface area contributed by atoms with Crippen LogP contribution in [0.2, 0.25) is 0 Å². The number of aromatic nitrogens is 4. The molecule has 1 aliphatic carbocycles. The van der Waals surface area contributed by atoms with E-state index in [0.29, 0.717) is 17.4 Å². The van der Waals surface area contributed by atoms with Gasteiger partial charge in [0.2, 0.25) is 0 Å². The average Bonchev–Trinajstić information content (AvgIpc) is 3.39. The summed E-state index contributed by atoms with van der Waals surface area (Å²) in [4.78, 5) is 8.28. The van der Waals surface area contributed by atoms with Crippen molar-refractivity contribution in [3.05, 3.63) is 40.1 Å². The Labute approximate surface area is 187 Å². The topological polar surface area (TPSA) is 99.6 Å². The summed E-state index contributed by atoms with van der Waals surface area (Å²) in [6.45, 7) is 6.27. The summed E-state index contributed by atoms with van der Waals surface area (Å²) >= 11 is 1.78. The normalized spacial score (nSPS) is 19.5. The molecule has 1 fully saturated rings. The van der Waals surface area contributed by atoms with Crippen molar-refractivity contribution in [1.29, 1.82) is 5.41 Å². The Balaban J connectivity index is 1.65. The lowest BCUT2D eigenvalue weighted by Gasteiger charge is -2.31. The van der Waals surface area contributed by atoms with Gasteiger partial charge in [-0.15, -0.1) is 11.3 Å². The van der Waals surface area contributed by atoms with E-state index in [1.165, 1.54) is 40.9 Å². The number of nitrogens with zero attached hydrogens (tertiary/aromatic N) is 4. The molecule has 166 valence electrons. The molecule has 4 rings (SSSR count). The standard InChI is InChI=1S/C23H33N7S/c1-13(2)19-20(16-10-14(3)22(24)30(25)12-16)27-28-21(19)18-11-26-23(31-18)15-6-8-17(9-7-15)29(4)5/h10-13,15,17,24H,6-9,25H2,1-5H3,(H,27,28). The van der Waals surface area contributed by atoms with Gasteiger partial charge < -0.3 is 10.7 Å². The number of H-pyrrole nitrogens is 1. The SMILES string of the molecule is Cc1cc(-c2[nH]nc(-c3cnc(C4CCC(N(C)C)CC4)s3)c2C(C)C)cn(N)c1=N. The molecule has 3 aromatic rings. The lowest BCUT2D eigenvalue weighted by molar-refractivity contribution is 0.216. The Bertz CT molecular complexity index is 1090. The largest absolute Gasteiger partial charge is 0.338 e. The van der Waals surface area contributed by atoms with Crippen LogP contribution in [0.5, 0.6) is 0 Å². The monoisotopic (exact) mass is 439 g/mol. The molecule has 0 saturated heterocycles. The van der Waals surface area contributed by atoms with Crippen LogP contribution in [0.3, 0.4) is 0 Å². The summed E-state index contributed by atoms with van der Waals surface area (Å²) < 4.78 is 1.37. The minimum Gasteiger partial charge on any atom is -0.338 e. The summed E-state index contributed by atoms with van der Waals surface area (Å²) in [6.07, 6.45) is 8.66. The van der Waals surface area contributed by atoms with E-state index in [1.807, 2.05) is 19.2 Å². The summed E-state index contributed by atoms with van der Waals surface area (Å²) in [5, 5.41) is 17.2. The predicted molar refractivity (Wildman–Crippen MR) is 127 cm³/mol. The molecule has 1 aliphatic rings. The first kappa shape index (κ1) is 21.8. The van der Waals surface area contributed by atoms with Gasteiger partial charge in [-0.3, -0.25) is 15.2 Å². The second kappa shape index (κ2) is 8.59.